The van der Waals surface area contributed by atoms with Crippen LogP contribution in [0.25, 0.3) is 28.0 Å². The van der Waals surface area contributed by atoms with Crippen molar-refractivity contribution in [2.45, 2.75) is 18.6 Å². The van der Waals surface area contributed by atoms with Gasteiger partial charge in [0, 0.05) is 29.2 Å². The van der Waals surface area contributed by atoms with Gasteiger partial charge in [-0.2, -0.15) is 0 Å². The fourth-order valence-electron chi connectivity index (χ4n) is 3.95. The summed E-state index contributed by atoms with van der Waals surface area (Å²) < 4.78 is 7.22. The molecular formula is C27H25N5O2S. The second kappa shape index (κ2) is 10.1. The van der Waals surface area contributed by atoms with E-state index in [1.807, 2.05) is 71.4 Å². The molecule has 2 N–H and O–H groups in total. The highest BCUT2D eigenvalue weighted by atomic mass is 32.2. The van der Waals surface area contributed by atoms with Crippen molar-refractivity contribution >= 4 is 28.6 Å². The van der Waals surface area contributed by atoms with Gasteiger partial charge in [0.1, 0.15) is 5.75 Å². The lowest BCUT2D eigenvalue weighted by atomic mass is 10.1. The molecule has 0 atom stereocenters. The number of carbonyl (C=O) groups is 1. The van der Waals surface area contributed by atoms with Crippen LogP contribution in [0, 0.1) is 6.92 Å². The van der Waals surface area contributed by atoms with Crippen molar-refractivity contribution in [1.29, 1.82) is 0 Å². The van der Waals surface area contributed by atoms with Gasteiger partial charge >= 0.3 is 0 Å². The molecule has 0 radical (unpaired) electrons. The summed E-state index contributed by atoms with van der Waals surface area (Å²) in [6, 6.07) is 23.9. The molecule has 2 heterocycles. The van der Waals surface area contributed by atoms with Crippen molar-refractivity contribution in [3.63, 3.8) is 0 Å². The number of para-hydroxylation sites is 2. The molecule has 35 heavy (non-hydrogen) atoms. The standard InChI is InChI=1S/C27H25N5O2S/c1-18-7-3-6-10-24(18)32-26(22-16-28-23-9-5-4-8-21(22)23)30-31-27(32)35-17-25(33)29-15-19-11-13-20(34-2)14-12-19/h3-14,16,28H,15,17H2,1-2H3,(H,29,33). The van der Waals surface area contributed by atoms with Gasteiger partial charge in [0.25, 0.3) is 0 Å². The van der Waals surface area contributed by atoms with Crippen molar-refractivity contribution in [3.8, 4) is 22.8 Å². The van der Waals surface area contributed by atoms with Gasteiger partial charge in [0.15, 0.2) is 11.0 Å². The molecule has 2 aromatic heterocycles. The van der Waals surface area contributed by atoms with E-state index < -0.39 is 0 Å². The summed E-state index contributed by atoms with van der Waals surface area (Å²) in [5, 5.41) is 13.7. The van der Waals surface area contributed by atoms with Gasteiger partial charge < -0.3 is 15.0 Å². The number of nitrogens with zero attached hydrogens (tertiary/aromatic N) is 3. The largest absolute Gasteiger partial charge is 0.497 e. The maximum Gasteiger partial charge on any atom is 0.230 e. The molecule has 0 unspecified atom stereocenters. The quantitative estimate of drug-likeness (QED) is 0.299. The normalized spacial score (nSPS) is 11.0. The first-order valence-corrected chi connectivity index (χ1v) is 12.2. The van der Waals surface area contributed by atoms with E-state index in [2.05, 4.69) is 39.6 Å². The van der Waals surface area contributed by atoms with Crippen LogP contribution in [0.5, 0.6) is 5.75 Å². The van der Waals surface area contributed by atoms with E-state index in [1.54, 1.807) is 7.11 Å². The number of rotatable bonds is 8. The van der Waals surface area contributed by atoms with Gasteiger partial charge in [0.2, 0.25) is 5.91 Å². The highest BCUT2D eigenvalue weighted by Gasteiger charge is 2.20. The van der Waals surface area contributed by atoms with E-state index in [0.717, 1.165) is 44.9 Å². The van der Waals surface area contributed by atoms with Crippen LogP contribution in [0.2, 0.25) is 0 Å². The van der Waals surface area contributed by atoms with Crippen LogP contribution in [-0.4, -0.2) is 38.5 Å². The van der Waals surface area contributed by atoms with Crippen molar-refractivity contribution in [1.82, 2.24) is 25.1 Å². The average molecular weight is 484 g/mol. The maximum atomic E-state index is 12.6. The van der Waals surface area contributed by atoms with Gasteiger partial charge in [0.05, 0.1) is 18.6 Å². The number of aryl methyl sites for hydroxylation is 1. The number of benzene rings is 3. The van der Waals surface area contributed by atoms with Gasteiger partial charge in [-0.3, -0.25) is 9.36 Å². The van der Waals surface area contributed by atoms with Crippen molar-refractivity contribution in [2.24, 2.45) is 0 Å². The minimum Gasteiger partial charge on any atom is -0.497 e. The topological polar surface area (TPSA) is 84.8 Å². The Kier molecular flexibility index (Phi) is 6.54. The first kappa shape index (κ1) is 22.7. The summed E-state index contributed by atoms with van der Waals surface area (Å²) in [6.07, 6.45) is 1.96. The SMILES string of the molecule is COc1ccc(CNC(=O)CSc2nnc(-c3c[nH]c4ccccc34)n2-c2ccccc2C)cc1. The van der Waals surface area contributed by atoms with Crippen LogP contribution in [0.4, 0.5) is 0 Å². The van der Waals surface area contributed by atoms with Crippen LogP contribution in [0.15, 0.2) is 84.1 Å². The molecule has 0 saturated heterocycles. The van der Waals surface area contributed by atoms with Crippen LogP contribution in [-0.2, 0) is 11.3 Å². The number of hydrogen-bond acceptors (Lipinski definition) is 5. The monoisotopic (exact) mass is 483 g/mol. The fraction of sp³-hybridized carbons (Fsp3) is 0.148. The summed E-state index contributed by atoms with van der Waals surface area (Å²) >= 11 is 1.37. The first-order valence-electron chi connectivity index (χ1n) is 11.2. The summed E-state index contributed by atoms with van der Waals surface area (Å²) in [4.78, 5) is 15.9. The highest BCUT2D eigenvalue weighted by Crippen LogP contribution is 2.33. The maximum absolute atomic E-state index is 12.6. The number of H-pyrrole nitrogens is 1. The summed E-state index contributed by atoms with van der Waals surface area (Å²) in [5.74, 6) is 1.68. The second-order valence-corrected chi connectivity index (χ2v) is 9.03. The van der Waals surface area contributed by atoms with Crippen LogP contribution in [0.3, 0.4) is 0 Å². The van der Waals surface area contributed by atoms with Crippen molar-refractivity contribution in [2.75, 3.05) is 12.9 Å². The fourth-order valence-corrected chi connectivity index (χ4v) is 4.73. The molecule has 0 aliphatic rings. The molecule has 8 heteroatoms. The number of aromatic nitrogens is 4. The van der Waals surface area contributed by atoms with Crippen LogP contribution >= 0.6 is 11.8 Å². The van der Waals surface area contributed by atoms with E-state index in [0.29, 0.717) is 11.7 Å². The average Bonchev–Trinajstić information content (AvgIpc) is 3.51. The number of hydrogen-bond donors (Lipinski definition) is 2. The minimum atomic E-state index is -0.0706. The summed E-state index contributed by atoms with van der Waals surface area (Å²) in [5.41, 5.74) is 5.09. The molecular weight excluding hydrogens is 458 g/mol. The van der Waals surface area contributed by atoms with Crippen molar-refractivity contribution < 1.29 is 9.53 Å². The molecule has 1 amide bonds. The Hall–Kier alpha value is -4.04. The van der Waals surface area contributed by atoms with Crippen LogP contribution < -0.4 is 10.1 Å². The zero-order valence-electron chi connectivity index (χ0n) is 19.5. The number of ether oxygens (including phenoxy) is 1. The number of nitrogens with one attached hydrogen (secondary N) is 2. The molecule has 0 spiro atoms. The van der Waals surface area contributed by atoms with Gasteiger partial charge in [-0.25, -0.2) is 0 Å². The third kappa shape index (κ3) is 4.79. The number of thioether (sulfide) groups is 1. The lowest BCUT2D eigenvalue weighted by Gasteiger charge is -2.12. The first-order chi connectivity index (χ1) is 17.1. The molecule has 0 saturated carbocycles. The Bertz CT molecular complexity index is 1470. The number of amides is 1. The van der Waals surface area contributed by atoms with Gasteiger partial charge in [-0.05, 0) is 42.3 Å². The lowest BCUT2D eigenvalue weighted by Crippen LogP contribution is -2.24. The Morgan fingerprint density at radius 1 is 1.03 bits per heavy atom. The number of fused-ring (bicyclic) bond motifs is 1. The van der Waals surface area contributed by atoms with Crippen LogP contribution in [0.1, 0.15) is 11.1 Å². The second-order valence-electron chi connectivity index (χ2n) is 8.09. The van der Waals surface area contributed by atoms with E-state index in [1.165, 1.54) is 11.8 Å². The predicted octanol–water partition coefficient (Wildman–Crippen LogP) is 5.14. The van der Waals surface area contributed by atoms with E-state index in [9.17, 15) is 4.79 Å². The minimum absolute atomic E-state index is 0.0706. The summed E-state index contributed by atoms with van der Waals surface area (Å²) in [6.45, 7) is 2.51. The van der Waals surface area contributed by atoms with E-state index >= 15 is 0 Å². The lowest BCUT2D eigenvalue weighted by molar-refractivity contribution is -0.118. The smallest absolute Gasteiger partial charge is 0.230 e. The Labute approximate surface area is 207 Å². The molecule has 0 bridgehead atoms. The molecule has 7 nitrogen and oxygen atoms in total. The Morgan fingerprint density at radius 3 is 2.60 bits per heavy atom. The van der Waals surface area contributed by atoms with E-state index in [4.69, 9.17) is 4.74 Å². The molecule has 5 aromatic rings. The Morgan fingerprint density at radius 2 is 1.80 bits per heavy atom. The number of carbonyl (C=O) groups excluding carboxylic acids is 1. The zero-order valence-corrected chi connectivity index (χ0v) is 20.3. The molecule has 176 valence electrons. The molecule has 0 aliphatic carbocycles. The highest BCUT2D eigenvalue weighted by molar-refractivity contribution is 7.99. The Balaban J connectivity index is 1.39. The van der Waals surface area contributed by atoms with Gasteiger partial charge in [-0.15, -0.1) is 10.2 Å². The number of aromatic amines is 1. The predicted molar refractivity (Wildman–Crippen MR) is 139 cm³/mol. The van der Waals surface area contributed by atoms with Gasteiger partial charge in [-0.1, -0.05) is 60.3 Å². The van der Waals surface area contributed by atoms with Crippen molar-refractivity contribution in [3.05, 3.63) is 90.1 Å². The molecule has 0 fully saturated rings. The molecule has 5 rings (SSSR count). The molecule has 0 aliphatic heterocycles. The zero-order chi connectivity index (χ0) is 24.2. The van der Waals surface area contributed by atoms with E-state index in [-0.39, 0.29) is 11.7 Å². The molecule has 3 aromatic carbocycles. The summed E-state index contributed by atoms with van der Waals surface area (Å²) in [7, 11) is 1.63. The third-order valence-electron chi connectivity index (χ3n) is 5.80. The third-order valence-corrected chi connectivity index (χ3v) is 6.73. The number of methoxy groups -OCH3 is 1.